The van der Waals surface area contributed by atoms with Gasteiger partial charge in [-0.05, 0) is 43.9 Å². The minimum absolute atomic E-state index is 0.176. The van der Waals surface area contributed by atoms with Crippen LogP contribution in [0.1, 0.15) is 30.4 Å². The summed E-state index contributed by atoms with van der Waals surface area (Å²) in [7, 11) is 1.66. The van der Waals surface area contributed by atoms with Crippen LogP contribution in [0.3, 0.4) is 0 Å². The molecule has 82 valence electrons. The van der Waals surface area contributed by atoms with E-state index in [4.69, 9.17) is 22.1 Å². The lowest BCUT2D eigenvalue weighted by atomic mass is 9.72. The van der Waals surface area contributed by atoms with Gasteiger partial charge in [0, 0.05) is 16.1 Å². The highest BCUT2D eigenvalue weighted by Crippen LogP contribution is 2.41. The molecule has 0 bridgehead atoms. The van der Waals surface area contributed by atoms with Gasteiger partial charge in [-0.2, -0.15) is 0 Å². The fourth-order valence-electron chi connectivity index (χ4n) is 2.00. The molecular weight excluding hydrogens is 210 g/mol. The largest absolute Gasteiger partial charge is 0.496 e. The topological polar surface area (TPSA) is 35.2 Å². The lowest BCUT2D eigenvalue weighted by Crippen LogP contribution is -2.43. The molecule has 0 unspecified atom stereocenters. The summed E-state index contributed by atoms with van der Waals surface area (Å²) in [4.78, 5) is 0. The zero-order valence-corrected chi connectivity index (χ0v) is 9.90. The van der Waals surface area contributed by atoms with Crippen molar-refractivity contribution in [2.45, 2.75) is 31.7 Å². The van der Waals surface area contributed by atoms with Gasteiger partial charge in [-0.3, -0.25) is 0 Å². The zero-order valence-electron chi connectivity index (χ0n) is 9.14. The predicted octanol–water partition coefficient (Wildman–Crippen LogP) is 2.99. The second kappa shape index (κ2) is 3.69. The van der Waals surface area contributed by atoms with Gasteiger partial charge in [0.25, 0.3) is 0 Å². The molecule has 0 radical (unpaired) electrons. The quantitative estimate of drug-likeness (QED) is 0.840. The third-order valence-corrected chi connectivity index (χ3v) is 3.73. The van der Waals surface area contributed by atoms with Crippen LogP contribution in [-0.2, 0) is 5.54 Å². The van der Waals surface area contributed by atoms with Crippen LogP contribution in [0.5, 0.6) is 5.75 Å². The first kappa shape index (κ1) is 10.8. The molecule has 1 aliphatic rings. The summed E-state index contributed by atoms with van der Waals surface area (Å²) in [6, 6.07) is 3.99. The number of benzene rings is 1. The average Bonchev–Trinajstić information content (AvgIpc) is 2.18. The molecule has 0 heterocycles. The van der Waals surface area contributed by atoms with Gasteiger partial charge >= 0.3 is 0 Å². The van der Waals surface area contributed by atoms with Gasteiger partial charge in [-0.1, -0.05) is 11.6 Å². The Morgan fingerprint density at radius 3 is 2.53 bits per heavy atom. The molecule has 15 heavy (non-hydrogen) atoms. The fourth-order valence-corrected chi connectivity index (χ4v) is 2.21. The van der Waals surface area contributed by atoms with Crippen LogP contribution in [0.4, 0.5) is 0 Å². The standard InChI is InChI=1S/C12H16ClNO/c1-8-10(13)6-9(7-11(8)15-2)12(14)4-3-5-12/h6-7H,3-5,14H2,1-2H3. The summed E-state index contributed by atoms with van der Waals surface area (Å²) in [6.45, 7) is 1.95. The number of methoxy groups -OCH3 is 1. The van der Waals surface area contributed by atoms with Gasteiger partial charge in [0.15, 0.2) is 0 Å². The van der Waals surface area contributed by atoms with Crippen molar-refractivity contribution < 1.29 is 4.74 Å². The molecule has 0 aliphatic heterocycles. The minimum atomic E-state index is -0.176. The number of hydrogen-bond acceptors (Lipinski definition) is 2. The maximum Gasteiger partial charge on any atom is 0.123 e. The molecule has 2 N–H and O–H groups in total. The van der Waals surface area contributed by atoms with Crippen LogP contribution in [0.25, 0.3) is 0 Å². The minimum Gasteiger partial charge on any atom is -0.496 e. The Labute approximate surface area is 95.4 Å². The SMILES string of the molecule is COc1cc(C2(N)CCC2)cc(Cl)c1C. The van der Waals surface area contributed by atoms with Crippen LogP contribution in [0.15, 0.2) is 12.1 Å². The molecule has 3 heteroatoms. The van der Waals surface area contributed by atoms with Crippen LogP contribution in [0.2, 0.25) is 5.02 Å². The summed E-state index contributed by atoms with van der Waals surface area (Å²) in [5.41, 5.74) is 8.15. The lowest BCUT2D eigenvalue weighted by molar-refractivity contribution is 0.252. The summed E-state index contributed by atoms with van der Waals surface area (Å²) in [6.07, 6.45) is 3.27. The van der Waals surface area contributed by atoms with E-state index >= 15 is 0 Å². The van der Waals surface area contributed by atoms with Crippen molar-refractivity contribution >= 4 is 11.6 Å². The predicted molar refractivity (Wildman–Crippen MR) is 62.5 cm³/mol. The van der Waals surface area contributed by atoms with Crippen LogP contribution in [0, 0.1) is 6.92 Å². The van der Waals surface area contributed by atoms with E-state index < -0.39 is 0 Å². The number of nitrogens with two attached hydrogens (primary N) is 1. The van der Waals surface area contributed by atoms with Crippen molar-refractivity contribution in [1.82, 2.24) is 0 Å². The van der Waals surface area contributed by atoms with Gasteiger partial charge in [-0.25, -0.2) is 0 Å². The maximum atomic E-state index is 6.25. The van der Waals surface area contributed by atoms with E-state index in [-0.39, 0.29) is 5.54 Å². The summed E-state index contributed by atoms with van der Waals surface area (Å²) in [5.74, 6) is 0.828. The van der Waals surface area contributed by atoms with E-state index in [1.807, 2.05) is 19.1 Å². The van der Waals surface area contributed by atoms with Gasteiger partial charge in [0.1, 0.15) is 5.75 Å². The first-order valence-electron chi connectivity index (χ1n) is 5.20. The van der Waals surface area contributed by atoms with Crippen molar-refractivity contribution in [3.05, 3.63) is 28.3 Å². The Bertz CT molecular complexity index is 385. The summed E-state index contributed by atoms with van der Waals surface area (Å²) < 4.78 is 5.29. The van der Waals surface area contributed by atoms with Crippen LogP contribution < -0.4 is 10.5 Å². The van der Waals surface area contributed by atoms with Gasteiger partial charge in [0.05, 0.1) is 7.11 Å². The molecule has 0 spiro atoms. The van der Waals surface area contributed by atoms with Crippen molar-refractivity contribution in [2.24, 2.45) is 5.73 Å². The summed E-state index contributed by atoms with van der Waals surface area (Å²) >= 11 is 6.15. The number of hydrogen-bond donors (Lipinski definition) is 1. The monoisotopic (exact) mass is 225 g/mol. The Balaban J connectivity index is 2.45. The molecule has 2 rings (SSSR count). The third-order valence-electron chi connectivity index (χ3n) is 3.34. The van der Waals surface area contributed by atoms with E-state index in [2.05, 4.69) is 0 Å². The molecule has 0 saturated heterocycles. The van der Waals surface area contributed by atoms with E-state index in [9.17, 15) is 0 Å². The summed E-state index contributed by atoms with van der Waals surface area (Å²) in [5, 5.41) is 0.737. The van der Waals surface area contributed by atoms with Gasteiger partial charge in [0.2, 0.25) is 0 Å². The molecule has 2 nitrogen and oxygen atoms in total. The molecule has 1 saturated carbocycles. The molecule has 1 aromatic carbocycles. The maximum absolute atomic E-state index is 6.25. The highest BCUT2D eigenvalue weighted by molar-refractivity contribution is 6.31. The molecular formula is C12H16ClNO. The number of ether oxygens (including phenoxy) is 1. The first-order chi connectivity index (χ1) is 7.07. The van der Waals surface area contributed by atoms with Gasteiger partial charge < -0.3 is 10.5 Å². The Morgan fingerprint density at radius 2 is 2.07 bits per heavy atom. The Hall–Kier alpha value is -0.730. The molecule has 0 aromatic heterocycles. The third kappa shape index (κ3) is 1.72. The van der Waals surface area contributed by atoms with Crippen molar-refractivity contribution in [3.63, 3.8) is 0 Å². The normalized spacial score (nSPS) is 18.4. The first-order valence-corrected chi connectivity index (χ1v) is 5.58. The Kier molecular flexibility index (Phi) is 2.65. The fraction of sp³-hybridized carbons (Fsp3) is 0.500. The van der Waals surface area contributed by atoms with E-state index in [1.165, 1.54) is 6.42 Å². The van der Waals surface area contributed by atoms with E-state index in [0.29, 0.717) is 0 Å². The second-order valence-electron chi connectivity index (χ2n) is 4.30. The van der Waals surface area contributed by atoms with Crippen molar-refractivity contribution in [3.8, 4) is 5.75 Å². The molecule has 1 aromatic rings. The zero-order chi connectivity index (χ0) is 11.1. The molecule has 1 aliphatic carbocycles. The average molecular weight is 226 g/mol. The number of rotatable bonds is 2. The van der Waals surface area contributed by atoms with Crippen molar-refractivity contribution in [1.29, 1.82) is 0 Å². The Morgan fingerprint density at radius 1 is 1.40 bits per heavy atom. The van der Waals surface area contributed by atoms with Crippen LogP contribution in [-0.4, -0.2) is 7.11 Å². The van der Waals surface area contributed by atoms with Crippen molar-refractivity contribution in [2.75, 3.05) is 7.11 Å². The highest BCUT2D eigenvalue weighted by Gasteiger charge is 2.35. The van der Waals surface area contributed by atoms with Crippen LogP contribution >= 0.6 is 11.6 Å². The molecule has 0 atom stereocenters. The molecule has 1 fully saturated rings. The van der Waals surface area contributed by atoms with E-state index in [1.54, 1.807) is 7.11 Å². The van der Waals surface area contributed by atoms with Gasteiger partial charge in [-0.15, -0.1) is 0 Å². The molecule has 0 amide bonds. The van der Waals surface area contributed by atoms with E-state index in [0.717, 1.165) is 34.7 Å². The highest BCUT2D eigenvalue weighted by atomic mass is 35.5. The number of halogens is 1. The second-order valence-corrected chi connectivity index (χ2v) is 4.70. The smallest absolute Gasteiger partial charge is 0.123 e. The lowest BCUT2D eigenvalue weighted by Gasteiger charge is -2.39.